The van der Waals surface area contributed by atoms with E-state index in [1.165, 1.54) is 24.0 Å². The number of nitrogens with zero attached hydrogens (tertiary/aromatic N) is 2. The zero-order valence-electron chi connectivity index (χ0n) is 12.1. The Hall–Kier alpha value is -0.900. The Morgan fingerprint density at radius 3 is 2.80 bits per heavy atom. The molecule has 2 aromatic rings. The highest BCUT2D eigenvalue weighted by molar-refractivity contribution is 7.13. The normalized spacial score (nSPS) is 11.2. The molecule has 0 spiro atoms. The molecule has 0 radical (unpaired) electrons. The second-order valence-corrected chi connectivity index (χ2v) is 6.15. The van der Waals surface area contributed by atoms with Crippen molar-refractivity contribution in [3.8, 4) is 10.6 Å². The standard InChI is InChI=1S/C16H21ClN2S/c1-3-4-9-19(2)11-13-7-5-6-8-15(13)16-18-14(10-17)12-20-16/h5-8,12H,3-4,9-11H2,1-2H3. The molecule has 0 N–H and O–H groups in total. The molecule has 2 nitrogen and oxygen atoms in total. The van der Waals surface area contributed by atoms with Crippen molar-refractivity contribution in [2.75, 3.05) is 13.6 Å². The summed E-state index contributed by atoms with van der Waals surface area (Å²) in [5.41, 5.74) is 3.53. The van der Waals surface area contributed by atoms with E-state index < -0.39 is 0 Å². The van der Waals surface area contributed by atoms with Crippen molar-refractivity contribution in [2.24, 2.45) is 0 Å². The molecule has 0 aliphatic carbocycles. The molecule has 1 aromatic heterocycles. The van der Waals surface area contributed by atoms with E-state index in [0.717, 1.165) is 23.8 Å². The third-order valence-electron chi connectivity index (χ3n) is 3.27. The van der Waals surface area contributed by atoms with Gasteiger partial charge in [0, 0.05) is 17.5 Å². The van der Waals surface area contributed by atoms with Crippen molar-refractivity contribution in [3.05, 3.63) is 40.9 Å². The molecule has 0 fully saturated rings. The Bertz CT molecular complexity index is 539. The summed E-state index contributed by atoms with van der Waals surface area (Å²) in [6.07, 6.45) is 2.48. The third-order valence-corrected chi connectivity index (χ3v) is 4.47. The zero-order chi connectivity index (χ0) is 14.4. The Labute approximate surface area is 130 Å². The van der Waals surface area contributed by atoms with Gasteiger partial charge in [0.15, 0.2) is 0 Å². The van der Waals surface area contributed by atoms with Gasteiger partial charge < -0.3 is 4.90 Å². The molecule has 0 aliphatic rings. The lowest BCUT2D eigenvalue weighted by atomic mass is 10.1. The molecule has 0 saturated carbocycles. The second-order valence-electron chi connectivity index (χ2n) is 5.03. The van der Waals surface area contributed by atoms with Gasteiger partial charge in [0.25, 0.3) is 0 Å². The van der Waals surface area contributed by atoms with Gasteiger partial charge >= 0.3 is 0 Å². The number of hydrogen-bond acceptors (Lipinski definition) is 3. The quantitative estimate of drug-likeness (QED) is 0.684. The summed E-state index contributed by atoms with van der Waals surface area (Å²) in [5.74, 6) is 0.481. The molecule has 20 heavy (non-hydrogen) atoms. The van der Waals surface area contributed by atoms with Crippen LogP contribution in [0.3, 0.4) is 0 Å². The predicted molar refractivity (Wildman–Crippen MR) is 88.3 cm³/mol. The minimum absolute atomic E-state index is 0.481. The molecule has 0 bridgehead atoms. The molecule has 1 heterocycles. The van der Waals surface area contributed by atoms with Crippen molar-refractivity contribution in [1.82, 2.24) is 9.88 Å². The maximum Gasteiger partial charge on any atom is 0.123 e. The van der Waals surface area contributed by atoms with Gasteiger partial charge in [-0.15, -0.1) is 22.9 Å². The van der Waals surface area contributed by atoms with Crippen molar-refractivity contribution in [1.29, 1.82) is 0 Å². The van der Waals surface area contributed by atoms with E-state index in [1.54, 1.807) is 11.3 Å². The molecule has 0 saturated heterocycles. The molecule has 4 heteroatoms. The van der Waals surface area contributed by atoms with Crippen LogP contribution in [0.4, 0.5) is 0 Å². The average molecular weight is 309 g/mol. The van der Waals surface area contributed by atoms with Crippen LogP contribution < -0.4 is 0 Å². The number of rotatable bonds is 7. The second kappa shape index (κ2) is 7.77. The van der Waals surface area contributed by atoms with Gasteiger partial charge in [-0.1, -0.05) is 37.6 Å². The minimum atomic E-state index is 0.481. The fraction of sp³-hybridized carbons (Fsp3) is 0.438. The van der Waals surface area contributed by atoms with Crippen LogP contribution in [0.2, 0.25) is 0 Å². The van der Waals surface area contributed by atoms with Crippen LogP contribution in [0.5, 0.6) is 0 Å². The predicted octanol–water partition coefficient (Wildman–Crippen LogP) is 4.78. The van der Waals surface area contributed by atoms with E-state index in [-0.39, 0.29) is 0 Å². The maximum atomic E-state index is 5.84. The van der Waals surface area contributed by atoms with E-state index in [9.17, 15) is 0 Å². The highest BCUT2D eigenvalue weighted by atomic mass is 35.5. The third kappa shape index (κ3) is 4.05. The number of alkyl halides is 1. The van der Waals surface area contributed by atoms with Crippen LogP contribution in [0, 0.1) is 0 Å². The van der Waals surface area contributed by atoms with Gasteiger partial charge in [-0.3, -0.25) is 0 Å². The molecular weight excluding hydrogens is 288 g/mol. The highest BCUT2D eigenvalue weighted by Gasteiger charge is 2.10. The monoisotopic (exact) mass is 308 g/mol. The van der Waals surface area contributed by atoms with Crippen molar-refractivity contribution in [2.45, 2.75) is 32.2 Å². The molecule has 0 unspecified atom stereocenters. The summed E-state index contributed by atoms with van der Waals surface area (Å²) in [6, 6.07) is 8.52. The zero-order valence-corrected chi connectivity index (χ0v) is 13.7. The van der Waals surface area contributed by atoms with Gasteiger partial charge in [0.05, 0.1) is 11.6 Å². The summed E-state index contributed by atoms with van der Waals surface area (Å²) < 4.78 is 0. The lowest BCUT2D eigenvalue weighted by Crippen LogP contribution is -2.19. The first-order chi connectivity index (χ1) is 9.74. The summed E-state index contributed by atoms with van der Waals surface area (Å²) >= 11 is 7.52. The lowest BCUT2D eigenvalue weighted by Gasteiger charge is -2.17. The van der Waals surface area contributed by atoms with Crippen LogP contribution in [0.15, 0.2) is 29.6 Å². The van der Waals surface area contributed by atoms with Gasteiger partial charge in [-0.25, -0.2) is 4.98 Å². The van der Waals surface area contributed by atoms with E-state index in [2.05, 4.69) is 48.1 Å². The fourth-order valence-corrected chi connectivity index (χ4v) is 3.26. The molecule has 108 valence electrons. The maximum absolute atomic E-state index is 5.84. The van der Waals surface area contributed by atoms with E-state index in [1.807, 2.05) is 5.38 Å². The molecule has 0 amide bonds. The van der Waals surface area contributed by atoms with E-state index >= 15 is 0 Å². The van der Waals surface area contributed by atoms with Crippen LogP contribution in [0.1, 0.15) is 31.0 Å². The molecule has 1 aromatic carbocycles. The molecule has 0 atom stereocenters. The van der Waals surface area contributed by atoms with Gasteiger partial charge in [-0.05, 0) is 25.6 Å². The summed E-state index contributed by atoms with van der Waals surface area (Å²) in [4.78, 5) is 6.97. The van der Waals surface area contributed by atoms with Gasteiger partial charge in [0.2, 0.25) is 0 Å². The minimum Gasteiger partial charge on any atom is -0.302 e. The lowest BCUT2D eigenvalue weighted by molar-refractivity contribution is 0.321. The molecule has 0 aliphatic heterocycles. The number of thiazole rings is 1. The first-order valence-corrected chi connectivity index (χ1v) is 8.43. The fourth-order valence-electron chi connectivity index (χ4n) is 2.16. The van der Waals surface area contributed by atoms with Crippen LogP contribution in [0.25, 0.3) is 10.6 Å². The first-order valence-electron chi connectivity index (χ1n) is 7.01. The van der Waals surface area contributed by atoms with Crippen molar-refractivity contribution >= 4 is 22.9 Å². The number of hydrogen-bond donors (Lipinski definition) is 0. The largest absolute Gasteiger partial charge is 0.302 e. The van der Waals surface area contributed by atoms with Crippen molar-refractivity contribution in [3.63, 3.8) is 0 Å². The summed E-state index contributed by atoms with van der Waals surface area (Å²) in [6.45, 7) is 4.33. The van der Waals surface area contributed by atoms with Crippen LogP contribution in [-0.4, -0.2) is 23.5 Å². The average Bonchev–Trinajstić information content (AvgIpc) is 2.94. The molecule has 2 rings (SSSR count). The van der Waals surface area contributed by atoms with E-state index in [0.29, 0.717) is 5.88 Å². The topological polar surface area (TPSA) is 16.1 Å². The number of unbranched alkanes of at least 4 members (excludes halogenated alkanes) is 1. The summed E-state index contributed by atoms with van der Waals surface area (Å²) in [5, 5.41) is 3.11. The number of benzene rings is 1. The Kier molecular flexibility index (Phi) is 6.02. The highest BCUT2D eigenvalue weighted by Crippen LogP contribution is 2.28. The number of halogens is 1. The van der Waals surface area contributed by atoms with Crippen LogP contribution >= 0.6 is 22.9 Å². The van der Waals surface area contributed by atoms with Gasteiger partial charge in [0.1, 0.15) is 5.01 Å². The van der Waals surface area contributed by atoms with E-state index in [4.69, 9.17) is 11.6 Å². The Morgan fingerprint density at radius 2 is 2.10 bits per heavy atom. The Balaban J connectivity index is 2.17. The van der Waals surface area contributed by atoms with Crippen LogP contribution in [-0.2, 0) is 12.4 Å². The number of aromatic nitrogens is 1. The smallest absolute Gasteiger partial charge is 0.123 e. The Morgan fingerprint density at radius 1 is 1.30 bits per heavy atom. The SMILES string of the molecule is CCCCN(C)Cc1ccccc1-c1nc(CCl)cs1. The molecular formula is C16H21ClN2S. The first kappa shape index (κ1) is 15.5. The summed E-state index contributed by atoms with van der Waals surface area (Å²) in [7, 11) is 2.18. The van der Waals surface area contributed by atoms with Gasteiger partial charge in [-0.2, -0.15) is 0 Å². The van der Waals surface area contributed by atoms with Crippen molar-refractivity contribution < 1.29 is 0 Å².